The molecule has 0 saturated carbocycles. The molecule has 112 valence electrons. The molecule has 0 aliphatic carbocycles. The van der Waals surface area contributed by atoms with E-state index in [0.717, 1.165) is 18.8 Å². The zero-order chi connectivity index (χ0) is 14.7. The van der Waals surface area contributed by atoms with Gasteiger partial charge in [-0.05, 0) is 56.0 Å². The van der Waals surface area contributed by atoms with E-state index in [1.807, 2.05) is 16.9 Å². The maximum atomic E-state index is 6.06. The van der Waals surface area contributed by atoms with Crippen molar-refractivity contribution in [1.29, 1.82) is 0 Å². The molecule has 2 N–H and O–H groups in total. The summed E-state index contributed by atoms with van der Waals surface area (Å²) in [5.41, 5.74) is 8.53. The smallest absolute Gasteiger partial charge is 0.0645 e. The quantitative estimate of drug-likeness (QED) is 0.938. The lowest BCUT2D eigenvalue weighted by atomic mass is 9.92. The summed E-state index contributed by atoms with van der Waals surface area (Å²) >= 11 is 0. The fraction of sp³-hybridized carbons (Fsp3) is 0.471. The molecule has 21 heavy (non-hydrogen) atoms. The normalized spacial score (nSPS) is 21.3. The zero-order valence-electron chi connectivity index (χ0n) is 12.7. The van der Waals surface area contributed by atoms with Crippen molar-refractivity contribution in [3.05, 3.63) is 48.3 Å². The predicted molar refractivity (Wildman–Crippen MR) is 85.2 cm³/mol. The Balaban J connectivity index is 1.62. The first-order valence-corrected chi connectivity index (χ1v) is 7.79. The molecule has 3 rings (SSSR count). The Morgan fingerprint density at radius 2 is 2.14 bits per heavy atom. The first-order chi connectivity index (χ1) is 10.2. The van der Waals surface area contributed by atoms with Crippen LogP contribution in [-0.2, 0) is 6.54 Å². The maximum absolute atomic E-state index is 6.06. The van der Waals surface area contributed by atoms with Crippen LogP contribution in [0.15, 0.2) is 42.7 Å². The van der Waals surface area contributed by atoms with Gasteiger partial charge in [0, 0.05) is 31.5 Å². The van der Waals surface area contributed by atoms with Gasteiger partial charge in [-0.1, -0.05) is 12.1 Å². The van der Waals surface area contributed by atoms with E-state index < -0.39 is 0 Å². The molecule has 2 aromatic rings. The maximum Gasteiger partial charge on any atom is 0.0645 e. The van der Waals surface area contributed by atoms with Crippen LogP contribution in [-0.4, -0.2) is 33.8 Å². The molecule has 1 aliphatic rings. The molecule has 0 radical (unpaired) electrons. The van der Waals surface area contributed by atoms with Gasteiger partial charge < -0.3 is 5.73 Å². The Morgan fingerprint density at radius 1 is 1.33 bits per heavy atom. The van der Waals surface area contributed by atoms with Crippen LogP contribution >= 0.6 is 0 Å². The zero-order valence-corrected chi connectivity index (χ0v) is 12.7. The third kappa shape index (κ3) is 3.52. The Kier molecular flexibility index (Phi) is 4.36. The minimum Gasteiger partial charge on any atom is -0.328 e. The molecular weight excluding hydrogens is 260 g/mol. The molecule has 0 spiro atoms. The number of piperidine rings is 1. The topological polar surface area (TPSA) is 47.1 Å². The fourth-order valence-corrected chi connectivity index (χ4v) is 3.10. The summed E-state index contributed by atoms with van der Waals surface area (Å²) in [6.07, 6.45) is 6.30. The van der Waals surface area contributed by atoms with Gasteiger partial charge in [-0.15, -0.1) is 0 Å². The summed E-state index contributed by atoms with van der Waals surface area (Å²) < 4.78 is 1.89. The lowest BCUT2D eigenvalue weighted by Crippen LogP contribution is -2.41. The molecule has 1 aromatic heterocycles. The SMILES string of the molecule is CC(N)C1CCCN(Cc2ccc(-n3cccn3)cc2)C1. The second-order valence-corrected chi connectivity index (χ2v) is 6.11. The molecule has 0 bridgehead atoms. The van der Waals surface area contributed by atoms with Crippen molar-refractivity contribution in [2.45, 2.75) is 32.4 Å². The molecule has 4 nitrogen and oxygen atoms in total. The van der Waals surface area contributed by atoms with E-state index in [-0.39, 0.29) is 0 Å². The van der Waals surface area contributed by atoms with Gasteiger partial charge in [0.15, 0.2) is 0 Å². The summed E-state index contributed by atoms with van der Waals surface area (Å²) in [6.45, 7) is 5.46. The van der Waals surface area contributed by atoms with Crippen molar-refractivity contribution in [2.75, 3.05) is 13.1 Å². The van der Waals surface area contributed by atoms with Crippen molar-refractivity contribution in [1.82, 2.24) is 14.7 Å². The van der Waals surface area contributed by atoms with E-state index in [4.69, 9.17) is 5.73 Å². The lowest BCUT2D eigenvalue weighted by molar-refractivity contribution is 0.154. The number of nitrogens with zero attached hydrogens (tertiary/aromatic N) is 3. The summed E-state index contributed by atoms with van der Waals surface area (Å²) in [7, 11) is 0. The van der Waals surface area contributed by atoms with Crippen molar-refractivity contribution in [2.24, 2.45) is 11.7 Å². The van der Waals surface area contributed by atoms with Crippen molar-refractivity contribution in [3.8, 4) is 5.69 Å². The van der Waals surface area contributed by atoms with Crippen LogP contribution < -0.4 is 5.73 Å². The minimum atomic E-state index is 0.301. The second-order valence-electron chi connectivity index (χ2n) is 6.11. The average molecular weight is 284 g/mol. The summed E-state index contributed by atoms with van der Waals surface area (Å²) in [6, 6.07) is 10.9. The highest BCUT2D eigenvalue weighted by molar-refractivity contribution is 5.33. The van der Waals surface area contributed by atoms with E-state index >= 15 is 0 Å². The average Bonchev–Trinajstić information content (AvgIpc) is 3.02. The highest BCUT2D eigenvalue weighted by atomic mass is 15.3. The number of likely N-dealkylation sites (tertiary alicyclic amines) is 1. The Morgan fingerprint density at radius 3 is 2.81 bits per heavy atom. The van der Waals surface area contributed by atoms with Crippen LogP contribution in [0, 0.1) is 5.92 Å². The van der Waals surface area contributed by atoms with Crippen molar-refractivity contribution < 1.29 is 0 Å². The first kappa shape index (κ1) is 14.3. The van der Waals surface area contributed by atoms with Crippen LogP contribution in [0.1, 0.15) is 25.3 Å². The summed E-state index contributed by atoms with van der Waals surface area (Å²) in [5.74, 6) is 0.641. The molecular formula is C17H24N4. The molecule has 0 amide bonds. The van der Waals surface area contributed by atoms with Gasteiger partial charge in [-0.25, -0.2) is 4.68 Å². The van der Waals surface area contributed by atoms with Crippen LogP contribution in [0.5, 0.6) is 0 Å². The van der Waals surface area contributed by atoms with E-state index in [1.165, 1.54) is 24.9 Å². The molecule has 1 fully saturated rings. The third-order valence-corrected chi connectivity index (χ3v) is 4.40. The standard InChI is InChI=1S/C17H24N4/c1-14(18)16-4-2-10-20(13-16)12-15-5-7-17(8-6-15)21-11-3-9-19-21/h3,5-9,11,14,16H,2,4,10,12-13,18H2,1H3. The molecule has 1 saturated heterocycles. The van der Waals surface area contributed by atoms with E-state index in [2.05, 4.69) is 41.2 Å². The van der Waals surface area contributed by atoms with Crippen LogP contribution in [0.2, 0.25) is 0 Å². The van der Waals surface area contributed by atoms with E-state index in [1.54, 1.807) is 6.20 Å². The highest BCUT2D eigenvalue weighted by Gasteiger charge is 2.22. The molecule has 2 atom stereocenters. The number of benzene rings is 1. The van der Waals surface area contributed by atoms with Gasteiger partial charge >= 0.3 is 0 Å². The number of nitrogens with two attached hydrogens (primary N) is 1. The Bertz CT molecular complexity index is 545. The monoisotopic (exact) mass is 284 g/mol. The van der Waals surface area contributed by atoms with Gasteiger partial charge in [0.2, 0.25) is 0 Å². The van der Waals surface area contributed by atoms with Gasteiger partial charge in [0.25, 0.3) is 0 Å². The number of rotatable bonds is 4. The third-order valence-electron chi connectivity index (χ3n) is 4.40. The largest absolute Gasteiger partial charge is 0.328 e. The molecule has 1 aliphatic heterocycles. The van der Waals surface area contributed by atoms with Crippen LogP contribution in [0.4, 0.5) is 0 Å². The van der Waals surface area contributed by atoms with E-state index in [9.17, 15) is 0 Å². The highest BCUT2D eigenvalue weighted by Crippen LogP contribution is 2.20. The fourth-order valence-electron chi connectivity index (χ4n) is 3.10. The molecule has 2 unspecified atom stereocenters. The van der Waals surface area contributed by atoms with Gasteiger partial charge in [-0.3, -0.25) is 4.90 Å². The summed E-state index contributed by atoms with van der Waals surface area (Å²) in [5, 5.41) is 4.25. The van der Waals surface area contributed by atoms with E-state index in [0.29, 0.717) is 12.0 Å². The first-order valence-electron chi connectivity index (χ1n) is 7.79. The van der Waals surface area contributed by atoms with Crippen molar-refractivity contribution >= 4 is 0 Å². The minimum absolute atomic E-state index is 0.301. The lowest BCUT2D eigenvalue weighted by Gasteiger charge is -2.34. The van der Waals surface area contributed by atoms with Gasteiger partial charge in [0.05, 0.1) is 5.69 Å². The summed E-state index contributed by atoms with van der Waals surface area (Å²) in [4.78, 5) is 2.53. The van der Waals surface area contributed by atoms with Crippen LogP contribution in [0.25, 0.3) is 5.69 Å². The van der Waals surface area contributed by atoms with Crippen LogP contribution in [0.3, 0.4) is 0 Å². The number of aromatic nitrogens is 2. The van der Waals surface area contributed by atoms with Gasteiger partial charge in [0.1, 0.15) is 0 Å². The molecule has 2 heterocycles. The second kappa shape index (κ2) is 6.41. The predicted octanol–water partition coefficient (Wildman–Crippen LogP) is 2.43. The molecule has 1 aromatic carbocycles. The number of hydrogen-bond acceptors (Lipinski definition) is 3. The number of hydrogen-bond donors (Lipinski definition) is 1. The molecule has 4 heteroatoms. The van der Waals surface area contributed by atoms with Gasteiger partial charge in [-0.2, -0.15) is 5.10 Å². The Hall–Kier alpha value is -1.65. The Labute approximate surface area is 126 Å². The van der Waals surface area contributed by atoms with Crippen molar-refractivity contribution in [3.63, 3.8) is 0 Å².